The molecule has 0 unspecified atom stereocenters. The van der Waals surface area contributed by atoms with Crippen LogP contribution in [-0.4, -0.2) is 38.0 Å². The molecule has 0 aliphatic carbocycles. The minimum absolute atomic E-state index is 0.0411. The van der Waals surface area contributed by atoms with Crippen LogP contribution < -0.4 is 0 Å². The first-order valence-corrected chi connectivity index (χ1v) is 5.06. The summed E-state index contributed by atoms with van der Waals surface area (Å²) >= 11 is 0. The van der Waals surface area contributed by atoms with E-state index in [0.717, 1.165) is 0 Å². The van der Waals surface area contributed by atoms with E-state index in [-0.39, 0.29) is 30.7 Å². The van der Waals surface area contributed by atoms with Crippen LogP contribution in [0.2, 0.25) is 0 Å². The van der Waals surface area contributed by atoms with Crippen LogP contribution in [0.5, 0.6) is 0 Å². The van der Waals surface area contributed by atoms with Gasteiger partial charge < -0.3 is 9.47 Å². The molecule has 0 amide bonds. The predicted octanol–water partition coefficient (Wildman–Crippen LogP) is 1.17. The van der Waals surface area contributed by atoms with E-state index in [1.165, 1.54) is 12.2 Å². The van der Waals surface area contributed by atoms with Gasteiger partial charge in [-0.1, -0.05) is 20.1 Å². The third-order valence-electron chi connectivity index (χ3n) is 1.75. The smallest absolute Gasteiger partial charge is 0.180 e. The lowest BCUT2D eigenvalue weighted by atomic mass is 10.2. The normalized spacial score (nSPS) is 10.1. The molecule has 0 aromatic rings. The van der Waals surface area contributed by atoms with Gasteiger partial charge in [-0.05, 0) is 12.2 Å². The molecule has 0 radical (unpaired) electrons. The highest BCUT2D eigenvalue weighted by Gasteiger charge is 2.05. The lowest BCUT2D eigenvalue weighted by molar-refractivity contribution is -0.120. The fourth-order valence-corrected chi connectivity index (χ4v) is 0.887. The maximum absolute atomic E-state index is 10.8. The van der Waals surface area contributed by atoms with E-state index in [1.54, 1.807) is 0 Å². The van der Waals surface area contributed by atoms with E-state index in [4.69, 9.17) is 9.47 Å². The summed E-state index contributed by atoms with van der Waals surface area (Å²) in [7, 11) is 0. The highest BCUT2D eigenvalue weighted by atomic mass is 16.5. The molecule has 0 rings (SSSR count). The standard InChI is InChI=1S/C12H18O4/c1-4-11(13)8-15-6-10(3)7-16-9-12(14)5-2/h4-5,10H,1-2,6-9H2,3H3. The molecule has 4 heteroatoms. The van der Waals surface area contributed by atoms with E-state index in [1.807, 2.05) is 6.92 Å². The van der Waals surface area contributed by atoms with Gasteiger partial charge in [-0.3, -0.25) is 9.59 Å². The van der Waals surface area contributed by atoms with Gasteiger partial charge in [0.2, 0.25) is 0 Å². The topological polar surface area (TPSA) is 52.6 Å². The van der Waals surface area contributed by atoms with Crippen molar-refractivity contribution in [3.8, 4) is 0 Å². The van der Waals surface area contributed by atoms with Crippen LogP contribution in [0.3, 0.4) is 0 Å². The monoisotopic (exact) mass is 226 g/mol. The van der Waals surface area contributed by atoms with Crippen LogP contribution in [0.25, 0.3) is 0 Å². The number of hydrogen-bond acceptors (Lipinski definition) is 4. The Hall–Kier alpha value is -1.26. The summed E-state index contributed by atoms with van der Waals surface area (Å²) in [5.41, 5.74) is 0. The molecule has 4 nitrogen and oxygen atoms in total. The molecule has 0 fully saturated rings. The van der Waals surface area contributed by atoms with Crippen molar-refractivity contribution in [3.63, 3.8) is 0 Å². The van der Waals surface area contributed by atoms with Crippen molar-refractivity contribution in [2.45, 2.75) is 6.92 Å². The largest absolute Gasteiger partial charge is 0.373 e. The van der Waals surface area contributed by atoms with Gasteiger partial charge in [0.25, 0.3) is 0 Å². The van der Waals surface area contributed by atoms with Crippen molar-refractivity contribution in [2.24, 2.45) is 5.92 Å². The molecular formula is C12H18O4. The SMILES string of the molecule is C=CC(=O)COCC(C)COCC(=O)C=C. The predicted molar refractivity (Wildman–Crippen MR) is 61.2 cm³/mol. The fraction of sp³-hybridized carbons (Fsp3) is 0.500. The molecule has 0 aliphatic rings. The van der Waals surface area contributed by atoms with Gasteiger partial charge in [0.15, 0.2) is 11.6 Å². The quantitative estimate of drug-likeness (QED) is 0.525. The summed E-state index contributed by atoms with van der Waals surface area (Å²) < 4.78 is 10.3. The van der Waals surface area contributed by atoms with Crippen molar-refractivity contribution < 1.29 is 19.1 Å². The third kappa shape index (κ3) is 8.08. The van der Waals surface area contributed by atoms with Crippen LogP contribution in [0.4, 0.5) is 0 Å². The number of carbonyl (C=O) groups excluding carboxylic acids is 2. The summed E-state index contributed by atoms with van der Waals surface area (Å²) in [6, 6.07) is 0. The number of ether oxygens (including phenoxy) is 2. The lowest BCUT2D eigenvalue weighted by Gasteiger charge is -2.11. The molecule has 90 valence electrons. The Balaban J connectivity index is 3.47. The van der Waals surface area contributed by atoms with E-state index in [2.05, 4.69) is 13.2 Å². The molecule has 0 atom stereocenters. The fourth-order valence-electron chi connectivity index (χ4n) is 0.887. The molecule has 16 heavy (non-hydrogen) atoms. The minimum atomic E-state index is -0.144. The molecule has 0 aliphatic heterocycles. The third-order valence-corrected chi connectivity index (χ3v) is 1.75. The number of ketones is 2. The summed E-state index contributed by atoms with van der Waals surface area (Å²) in [4.78, 5) is 21.6. The Morgan fingerprint density at radius 1 is 1.06 bits per heavy atom. The van der Waals surface area contributed by atoms with Crippen molar-refractivity contribution >= 4 is 11.6 Å². The van der Waals surface area contributed by atoms with Crippen LogP contribution >= 0.6 is 0 Å². The Labute approximate surface area is 95.9 Å². The van der Waals surface area contributed by atoms with Gasteiger partial charge in [-0.2, -0.15) is 0 Å². The molecule has 0 N–H and O–H groups in total. The second-order valence-electron chi connectivity index (χ2n) is 3.48. The van der Waals surface area contributed by atoms with E-state index >= 15 is 0 Å². The van der Waals surface area contributed by atoms with Crippen molar-refractivity contribution in [1.82, 2.24) is 0 Å². The van der Waals surface area contributed by atoms with Crippen LogP contribution in [-0.2, 0) is 19.1 Å². The molecule has 0 saturated heterocycles. The highest BCUT2D eigenvalue weighted by Crippen LogP contribution is 1.97. The Morgan fingerprint density at radius 2 is 1.44 bits per heavy atom. The van der Waals surface area contributed by atoms with Gasteiger partial charge >= 0.3 is 0 Å². The van der Waals surface area contributed by atoms with E-state index in [0.29, 0.717) is 13.2 Å². The Morgan fingerprint density at radius 3 is 1.75 bits per heavy atom. The first-order valence-electron chi connectivity index (χ1n) is 5.06. The van der Waals surface area contributed by atoms with Crippen LogP contribution in [0.15, 0.2) is 25.3 Å². The molecular weight excluding hydrogens is 208 g/mol. The van der Waals surface area contributed by atoms with Crippen LogP contribution in [0.1, 0.15) is 6.92 Å². The first-order chi connectivity index (χ1) is 7.60. The zero-order valence-corrected chi connectivity index (χ0v) is 9.61. The summed E-state index contributed by atoms with van der Waals surface area (Å²) in [5, 5.41) is 0. The summed E-state index contributed by atoms with van der Waals surface area (Å²) in [6.45, 7) is 9.50. The number of hydrogen-bond donors (Lipinski definition) is 0. The van der Waals surface area contributed by atoms with Gasteiger partial charge in [0.1, 0.15) is 13.2 Å². The summed E-state index contributed by atoms with van der Waals surface area (Å²) in [6.07, 6.45) is 2.45. The lowest BCUT2D eigenvalue weighted by Crippen LogP contribution is -2.17. The molecule has 0 heterocycles. The van der Waals surface area contributed by atoms with Gasteiger partial charge in [0, 0.05) is 5.92 Å². The minimum Gasteiger partial charge on any atom is -0.373 e. The first kappa shape index (κ1) is 14.7. The number of carbonyl (C=O) groups is 2. The molecule has 0 saturated carbocycles. The van der Waals surface area contributed by atoms with Crippen molar-refractivity contribution in [3.05, 3.63) is 25.3 Å². The van der Waals surface area contributed by atoms with E-state index < -0.39 is 0 Å². The number of rotatable bonds is 10. The summed E-state index contributed by atoms with van der Waals surface area (Å²) in [5.74, 6) is -0.153. The average Bonchev–Trinajstić information content (AvgIpc) is 2.28. The molecule has 0 bridgehead atoms. The molecule has 0 spiro atoms. The average molecular weight is 226 g/mol. The van der Waals surface area contributed by atoms with Gasteiger partial charge in [-0.25, -0.2) is 0 Å². The Kier molecular flexibility index (Phi) is 8.29. The van der Waals surface area contributed by atoms with Crippen molar-refractivity contribution in [1.29, 1.82) is 0 Å². The second-order valence-corrected chi connectivity index (χ2v) is 3.48. The Bertz CT molecular complexity index is 232. The van der Waals surface area contributed by atoms with E-state index in [9.17, 15) is 9.59 Å². The molecule has 0 aromatic heterocycles. The van der Waals surface area contributed by atoms with Crippen molar-refractivity contribution in [2.75, 3.05) is 26.4 Å². The maximum atomic E-state index is 10.8. The zero-order valence-electron chi connectivity index (χ0n) is 9.61. The molecule has 0 aromatic carbocycles. The maximum Gasteiger partial charge on any atom is 0.180 e. The van der Waals surface area contributed by atoms with Gasteiger partial charge in [0.05, 0.1) is 13.2 Å². The zero-order chi connectivity index (χ0) is 12.4. The van der Waals surface area contributed by atoms with Gasteiger partial charge in [-0.15, -0.1) is 0 Å². The highest BCUT2D eigenvalue weighted by molar-refractivity contribution is 5.90. The van der Waals surface area contributed by atoms with Crippen LogP contribution in [0, 0.1) is 5.92 Å². The second kappa shape index (κ2) is 9.00.